The molecule has 0 saturated carbocycles. The molecule has 0 amide bonds. The number of hydrogen-bond donors (Lipinski definition) is 0. The van der Waals surface area contributed by atoms with E-state index in [1.807, 2.05) is 39.0 Å². The van der Waals surface area contributed by atoms with E-state index in [4.69, 9.17) is 29.7 Å². The zero-order valence-electron chi connectivity index (χ0n) is 24.6. The fourth-order valence-corrected chi connectivity index (χ4v) is 5.41. The number of aromatic nitrogens is 3. The van der Waals surface area contributed by atoms with E-state index < -0.39 is 0 Å². The van der Waals surface area contributed by atoms with Crippen molar-refractivity contribution in [1.29, 1.82) is 0 Å². The van der Waals surface area contributed by atoms with Crippen molar-refractivity contribution in [2.75, 3.05) is 14.2 Å². The van der Waals surface area contributed by atoms with Crippen molar-refractivity contribution in [2.45, 2.75) is 59.8 Å². The average molecular weight is 604 g/mol. The van der Waals surface area contributed by atoms with Crippen LogP contribution in [0.1, 0.15) is 76.8 Å². The smallest absolute Gasteiger partial charge is 0.305 e. The number of aryl methyl sites for hydroxylation is 1. The SMILES string of the molecule is COC(=O)CCc1c2[n-]c(c1C)/C=C1/CC(C)/C(=C/c3cc(C)c([n-]3)/C=c3\[n-]/c(c(CCC(=O)OC)c3C)=C\2)[N-]1.[Zn]. The number of fused-ring (bicyclic) bond motifs is 8. The minimum absolute atomic E-state index is 0. The van der Waals surface area contributed by atoms with Gasteiger partial charge < -0.3 is 29.7 Å². The molecule has 0 N–H and O–H groups in total. The molecule has 41 heavy (non-hydrogen) atoms. The fourth-order valence-electron chi connectivity index (χ4n) is 5.41. The summed E-state index contributed by atoms with van der Waals surface area (Å²) in [4.78, 5) is 39.0. The van der Waals surface area contributed by atoms with Crippen molar-refractivity contribution in [2.24, 2.45) is 5.92 Å². The number of allylic oxidation sites excluding steroid dienone is 2. The predicted octanol–water partition coefficient (Wildman–Crippen LogP) is 3.46. The largest absolute Gasteiger partial charge is 0.665 e. The molecule has 3 aromatic rings. The second-order valence-corrected chi connectivity index (χ2v) is 10.6. The first-order valence-electron chi connectivity index (χ1n) is 13.6. The summed E-state index contributed by atoms with van der Waals surface area (Å²) in [5.41, 5.74) is 10.3. The minimum Gasteiger partial charge on any atom is -0.665 e. The van der Waals surface area contributed by atoms with Gasteiger partial charge in [-0.15, -0.1) is 33.5 Å². The van der Waals surface area contributed by atoms with E-state index >= 15 is 0 Å². The first-order chi connectivity index (χ1) is 19.2. The maximum absolute atomic E-state index is 12.0. The Morgan fingerprint density at radius 3 is 2.15 bits per heavy atom. The van der Waals surface area contributed by atoms with Crippen LogP contribution in [0, 0.1) is 26.7 Å². The van der Waals surface area contributed by atoms with Gasteiger partial charge in [-0.1, -0.05) is 65.1 Å². The minimum atomic E-state index is -0.273. The molecule has 1 saturated heterocycles. The summed E-state index contributed by atoms with van der Waals surface area (Å²) < 4.78 is 9.82. The molecule has 2 aliphatic rings. The van der Waals surface area contributed by atoms with Crippen LogP contribution in [0.3, 0.4) is 0 Å². The Labute approximate surface area is 253 Å². The molecule has 9 heteroatoms. The van der Waals surface area contributed by atoms with Gasteiger partial charge in [0.15, 0.2) is 0 Å². The van der Waals surface area contributed by atoms with Gasteiger partial charge in [-0.2, -0.15) is 11.4 Å². The van der Waals surface area contributed by atoms with Gasteiger partial charge >= 0.3 is 11.9 Å². The Morgan fingerprint density at radius 1 is 0.805 bits per heavy atom. The molecule has 1 unspecified atom stereocenters. The summed E-state index contributed by atoms with van der Waals surface area (Å²) in [5, 5.41) is 6.49. The summed E-state index contributed by atoms with van der Waals surface area (Å²) in [7, 11) is 2.80. The Bertz CT molecular complexity index is 1670. The van der Waals surface area contributed by atoms with Crippen molar-refractivity contribution in [1.82, 2.24) is 15.0 Å². The number of esters is 2. The number of rotatable bonds is 6. The third-order valence-corrected chi connectivity index (χ3v) is 7.84. The average Bonchev–Trinajstić information content (AvgIpc) is 3.62. The van der Waals surface area contributed by atoms with Gasteiger partial charge in [-0.05, 0) is 46.0 Å². The second-order valence-electron chi connectivity index (χ2n) is 10.6. The van der Waals surface area contributed by atoms with Crippen LogP contribution in [0.2, 0.25) is 0 Å². The van der Waals surface area contributed by atoms with Crippen LogP contribution in [0.5, 0.6) is 0 Å². The maximum atomic E-state index is 12.0. The first kappa shape index (κ1) is 30.4. The van der Waals surface area contributed by atoms with Crippen LogP contribution in [0.4, 0.5) is 0 Å². The van der Waals surface area contributed by atoms with Crippen molar-refractivity contribution in [3.63, 3.8) is 0 Å². The Kier molecular flexibility index (Phi) is 9.28. The van der Waals surface area contributed by atoms with E-state index in [2.05, 4.69) is 19.1 Å². The molecule has 1 atom stereocenters. The van der Waals surface area contributed by atoms with Crippen LogP contribution < -0.4 is 25.7 Å². The van der Waals surface area contributed by atoms with Gasteiger partial charge in [0, 0.05) is 32.3 Å². The van der Waals surface area contributed by atoms with Gasteiger partial charge in [0.05, 0.1) is 14.2 Å². The molecule has 5 heterocycles. The van der Waals surface area contributed by atoms with Crippen molar-refractivity contribution < 1.29 is 38.5 Å². The molecule has 8 bridgehead atoms. The third kappa shape index (κ3) is 6.35. The van der Waals surface area contributed by atoms with Gasteiger partial charge in [0.1, 0.15) is 0 Å². The molecule has 8 nitrogen and oxygen atoms in total. The Morgan fingerprint density at radius 2 is 1.46 bits per heavy atom. The summed E-state index contributed by atoms with van der Waals surface area (Å²) in [6.45, 7) is 8.28. The Balaban J connectivity index is 0.00000387. The molecule has 0 aromatic carbocycles. The molecular weight excluding hydrogens is 570 g/mol. The molecule has 212 valence electrons. The molecule has 0 spiro atoms. The summed E-state index contributed by atoms with van der Waals surface area (Å²) in [6.07, 6.45) is 10.4. The molecule has 0 aliphatic carbocycles. The van der Waals surface area contributed by atoms with Crippen molar-refractivity contribution in [3.05, 3.63) is 84.1 Å². The van der Waals surface area contributed by atoms with Crippen LogP contribution >= 0.6 is 0 Å². The maximum Gasteiger partial charge on any atom is 0.305 e. The monoisotopic (exact) mass is 602 g/mol. The van der Waals surface area contributed by atoms with Crippen LogP contribution in [0.15, 0.2) is 17.5 Å². The quantitative estimate of drug-likeness (QED) is 0.314. The fraction of sp³-hybridized carbons (Fsp3) is 0.375. The van der Waals surface area contributed by atoms with Crippen LogP contribution in [-0.4, -0.2) is 26.2 Å². The number of ether oxygens (including phenoxy) is 2. The van der Waals surface area contributed by atoms with E-state index in [1.54, 1.807) is 0 Å². The summed E-state index contributed by atoms with van der Waals surface area (Å²) in [5.74, 6) is -0.274. The number of nitrogens with zero attached hydrogens (tertiary/aromatic N) is 4. The van der Waals surface area contributed by atoms with E-state index in [0.29, 0.717) is 12.8 Å². The van der Waals surface area contributed by atoms with Gasteiger partial charge in [0.2, 0.25) is 0 Å². The van der Waals surface area contributed by atoms with Crippen LogP contribution in [-0.2, 0) is 51.4 Å². The molecule has 2 aliphatic heterocycles. The topological polar surface area (TPSA) is 109 Å². The van der Waals surface area contributed by atoms with Gasteiger partial charge in [0.25, 0.3) is 0 Å². The number of carbonyl (C=O) groups is 2. The van der Waals surface area contributed by atoms with Gasteiger partial charge in [-0.3, -0.25) is 9.59 Å². The zero-order valence-corrected chi connectivity index (χ0v) is 27.6. The standard InChI is InChI=1S/C32H34N4O4.Zn/c1-17-11-22-14-27-19(3)23(7-9-31(37)39-5)29(35-27)16-30-24(8-10-32(38)40-6)20(4)28(36-30)15-26-18(2)12-21(34-26)13-25(17)33-22;/h12-17H,7-11H2,1-6H3;/q-4;/b22-14-,25-13-,28-15-,30-16-;. The van der Waals surface area contributed by atoms with Crippen molar-refractivity contribution in [3.8, 4) is 0 Å². The van der Waals surface area contributed by atoms with E-state index in [1.165, 1.54) is 14.2 Å². The molecule has 5 rings (SSSR count). The van der Waals surface area contributed by atoms with E-state index in [-0.39, 0.29) is 50.2 Å². The third-order valence-electron chi connectivity index (χ3n) is 7.84. The zero-order chi connectivity index (χ0) is 28.6. The molecule has 3 aromatic heterocycles. The van der Waals surface area contributed by atoms with Gasteiger partial charge in [-0.25, -0.2) is 0 Å². The number of carbonyl (C=O) groups excluding carboxylic acids is 2. The molecule has 0 radical (unpaired) electrons. The Hall–Kier alpha value is -3.58. The second kappa shape index (κ2) is 12.5. The summed E-state index contributed by atoms with van der Waals surface area (Å²) in [6, 6.07) is 2.08. The van der Waals surface area contributed by atoms with E-state index in [0.717, 1.165) is 79.1 Å². The normalized spacial score (nSPS) is 19.7. The van der Waals surface area contributed by atoms with Crippen molar-refractivity contribution >= 4 is 36.2 Å². The number of hydrogen-bond acceptors (Lipinski definition) is 4. The summed E-state index contributed by atoms with van der Waals surface area (Å²) >= 11 is 0. The molecular formula is C32H34N4O4Zn-4. The van der Waals surface area contributed by atoms with Crippen LogP contribution in [0.25, 0.3) is 29.6 Å². The first-order valence-corrected chi connectivity index (χ1v) is 13.6. The number of methoxy groups -OCH3 is 2. The predicted molar refractivity (Wildman–Crippen MR) is 154 cm³/mol. The van der Waals surface area contributed by atoms with E-state index in [9.17, 15) is 9.59 Å². The molecule has 1 fully saturated rings.